The van der Waals surface area contributed by atoms with E-state index < -0.39 is 0 Å². The van der Waals surface area contributed by atoms with E-state index in [4.69, 9.17) is 16.1 Å². The van der Waals surface area contributed by atoms with Crippen LogP contribution in [0.3, 0.4) is 0 Å². The number of halogens is 1. The smallest absolute Gasteiger partial charge is 0.232 e. The third kappa shape index (κ3) is 2.78. The van der Waals surface area contributed by atoms with Gasteiger partial charge in [-0.3, -0.25) is 4.79 Å². The highest BCUT2D eigenvalue weighted by molar-refractivity contribution is 6.30. The van der Waals surface area contributed by atoms with Gasteiger partial charge in [-0.05, 0) is 24.3 Å². The summed E-state index contributed by atoms with van der Waals surface area (Å²) in [7, 11) is 0. The Morgan fingerprint density at radius 1 is 1.08 bits per heavy atom. The van der Waals surface area contributed by atoms with Crippen molar-refractivity contribution in [3.63, 3.8) is 0 Å². The zero-order chi connectivity index (χ0) is 16.5. The molecule has 1 amide bonds. The van der Waals surface area contributed by atoms with Crippen LogP contribution in [0.25, 0.3) is 11.4 Å². The minimum absolute atomic E-state index is 0.0433. The van der Waals surface area contributed by atoms with Gasteiger partial charge in [0.25, 0.3) is 0 Å². The summed E-state index contributed by atoms with van der Waals surface area (Å²) < 4.78 is 5.39. The van der Waals surface area contributed by atoms with Crippen molar-refractivity contribution in [3.05, 3.63) is 65.5 Å². The molecule has 1 aliphatic rings. The van der Waals surface area contributed by atoms with Crippen molar-refractivity contribution < 1.29 is 9.32 Å². The highest BCUT2D eigenvalue weighted by Crippen LogP contribution is 2.32. The summed E-state index contributed by atoms with van der Waals surface area (Å²) in [5.74, 6) is 0.988. The molecule has 1 fully saturated rings. The molecule has 1 aromatic heterocycles. The first kappa shape index (κ1) is 14.9. The third-order valence-corrected chi connectivity index (χ3v) is 4.34. The quantitative estimate of drug-likeness (QED) is 0.726. The molecule has 0 saturated carbocycles. The van der Waals surface area contributed by atoms with E-state index in [1.54, 1.807) is 17.0 Å². The lowest BCUT2D eigenvalue weighted by Crippen LogP contribution is -2.24. The summed E-state index contributed by atoms with van der Waals surface area (Å²) in [6.07, 6.45) is 0.360. The Bertz CT molecular complexity index is 861. The number of aromatic nitrogens is 2. The Kier molecular flexibility index (Phi) is 3.78. The van der Waals surface area contributed by atoms with Gasteiger partial charge in [0.1, 0.15) is 0 Å². The second-order valence-corrected chi connectivity index (χ2v) is 6.14. The fourth-order valence-electron chi connectivity index (χ4n) is 2.85. The largest absolute Gasteiger partial charge is 0.339 e. The van der Waals surface area contributed by atoms with Crippen LogP contribution in [-0.2, 0) is 4.79 Å². The number of carbonyl (C=O) groups excluding carboxylic acids is 1. The molecule has 24 heavy (non-hydrogen) atoms. The first-order chi connectivity index (χ1) is 11.7. The van der Waals surface area contributed by atoms with Gasteiger partial charge in [-0.1, -0.05) is 47.1 Å². The Balaban J connectivity index is 1.55. The molecule has 120 valence electrons. The monoisotopic (exact) mass is 339 g/mol. The third-order valence-electron chi connectivity index (χ3n) is 4.09. The Morgan fingerprint density at radius 2 is 1.83 bits per heavy atom. The van der Waals surface area contributed by atoms with Gasteiger partial charge in [-0.25, -0.2) is 0 Å². The predicted molar refractivity (Wildman–Crippen MR) is 90.9 cm³/mol. The standard InChI is InChI=1S/C18H14ClN3O2/c19-14-6-8-15(9-7-14)22-11-13(10-16(22)23)18-20-17(21-24-18)12-4-2-1-3-5-12/h1-9,13H,10-11H2/t13-/m1/s1. The molecule has 0 spiro atoms. The van der Waals surface area contributed by atoms with Crippen molar-refractivity contribution in [1.82, 2.24) is 10.1 Å². The van der Waals surface area contributed by atoms with Crippen LogP contribution in [0.15, 0.2) is 59.1 Å². The number of amides is 1. The summed E-state index contributed by atoms with van der Waals surface area (Å²) >= 11 is 5.90. The van der Waals surface area contributed by atoms with E-state index in [2.05, 4.69) is 10.1 Å². The van der Waals surface area contributed by atoms with Crippen LogP contribution in [0.4, 0.5) is 5.69 Å². The molecule has 0 radical (unpaired) electrons. The van der Waals surface area contributed by atoms with E-state index in [0.717, 1.165) is 11.3 Å². The molecular formula is C18H14ClN3O2. The molecule has 0 unspecified atom stereocenters. The molecule has 3 aromatic rings. The minimum atomic E-state index is -0.0989. The first-order valence-corrected chi connectivity index (χ1v) is 8.03. The van der Waals surface area contributed by atoms with Crippen LogP contribution < -0.4 is 4.90 Å². The van der Waals surface area contributed by atoms with Crippen LogP contribution in [-0.4, -0.2) is 22.6 Å². The maximum Gasteiger partial charge on any atom is 0.232 e. The summed E-state index contributed by atoms with van der Waals surface area (Å²) in [5, 5.41) is 4.68. The topological polar surface area (TPSA) is 59.2 Å². The van der Waals surface area contributed by atoms with E-state index in [9.17, 15) is 4.79 Å². The van der Waals surface area contributed by atoms with Crippen molar-refractivity contribution in [1.29, 1.82) is 0 Å². The number of benzene rings is 2. The Labute approximate surface area is 143 Å². The van der Waals surface area contributed by atoms with Gasteiger partial charge in [-0.2, -0.15) is 4.98 Å². The molecule has 0 bridgehead atoms. The first-order valence-electron chi connectivity index (χ1n) is 7.65. The van der Waals surface area contributed by atoms with Crippen LogP contribution in [0.1, 0.15) is 18.2 Å². The number of anilines is 1. The maximum atomic E-state index is 12.3. The summed E-state index contributed by atoms with van der Waals surface area (Å²) in [4.78, 5) is 18.5. The van der Waals surface area contributed by atoms with Crippen molar-refractivity contribution in [2.24, 2.45) is 0 Å². The SMILES string of the molecule is O=C1C[C@@H](c2nc(-c3ccccc3)no2)CN1c1ccc(Cl)cc1. The van der Waals surface area contributed by atoms with Crippen LogP contribution in [0.5, 0.6) is 0 Å². The van der Waals surface area contributed by atoms with Gasteiger partial charge in [0.05, 0.1) is 5.92 Å². The zero-order valence-corrected chi connectivity index (χ0v) is 13.5. The molecule has 0 aliphatic carbocycles. The van der Waals surface area contributed by atoms with Gasteiger partial charge in [0.15, 0.2) is 0 Å². The van der Waals surface area contributed by atoms with E-state index >= 15 is 0 Å². The number of carbonyl (C=O) groups is 1. The molecule has 2 aromatic carbocycles. The number of hydrogen-bond acceptors (Lipinski definition) is 4. The molecule has 2 heterocycles. The normalized spacial score (nSPS) is 17.5. The van der Waals surface area contributed by atoms with E-state index in [1.807, 2.05) is 42.5 Å². The molecular weight excluding hydrogens is 326 g/mol. The highest BCUT2D eigenvalue weighted by Gasteiger charge is 2.35. The number of hydrogen-bond donors (Lipinski definition) is 0. The fourth-order valence-corrected chi connectivity index (χ4v) is 2.98. The number of rotatable bonds is 3. The zero-order valence-electron chi connectivity index (χ0n) is 12.7. The van der Waals surface area contributed by atoms with Gasteiger partial charge < -0.3 is 9.42 Å². The van der Waals surface area contributed by atoms with Crippen LogP contribution >= 0.6 is 11.6 Å². The van der Waals surface area contributed by atoms with Gasteiger partial charge in [-0.15, -0.1) is 0 Å². The van der Waals surface area contributed by atoms with Gasteiger partial charge in [0.2, 0.25) is 17.6 Å². The van der Waals surface area contributed by atoms with Crippen LogP contribution in [0.2, 0.25) is 5.02 Å². The van der Waals surface area contributed by atoms with E-state index in [1.165, 1.54) is 0 Å². The average Bonchev–Trinajstić information content (AvgIpc) is 3.23. The van der Waals surface area contributed by atoms with Crippen molar-refractivity contribution in [3.8, 4) is 11.4 Å². The highest BCUT2D eigenvalue weighted by atomic mass is 35.5. The van der Waals surface area contributed by atoms with E-state index in [-0.39, 0.29) is 11.8 Å². The second-order valence-electron chi connectivity index (χ2n) is 5.70. The fraction of sp³-hybridized carbons (Fsp3) is 0.167. The minimum Gasteiger partial charge on any atom is -0.339 e. The van der Waals surface area contributed by atoms with Crippen molar-refractivity contribution in [2.75, 3.05) is 11.4 Å². The molecule has 1 aliphatic heterocycles. The van der Waals surface area contributed by atoms with Gasteiger partial charge in [0, 0.05) is 29.2 Å². The molecule has 4 rings (SSSR count). The lowest BCUT2D eigenvalue weighted by Gasteiger charge is -2.15. The summed E-state index contributed by atoms with van der Waals surface area (Å²) in [6.45, 7) is 0.525. The molecule has 0 N–H and O–H groups in total. The molecule has 5 nitrogen and oxygen atoms in total. The van der Waals surface area contributed by atoms with Crippen molar-refractivity contribution in [2.45, 2.75) is 12.3 Å². The average molecular weight is 340 g/mol. The molecule has 6 heteroatoms. The predicted octanol–water partition coefficient (Wildman–Crippen LogP) is 3.91. The second kappa shape index (κ2) is 6.09. The lowest BCUT2D eigenvalue weighted by atomic mass is 10.1. The van der Waals surface area contributed by atoms with Gasteiger partial charge >= 0.3 is 0 Å². The van der Waals surface area contributed by atoms with Crippen molar-refractivity contribution >= 4 is 23.2 Å². The maximum absolute atomic E-state index is 12.3. The lowest BCUT2D eigenvalue weighted by molar-refractivity contribution is -0.117. The number of nitrogens with zero attached hydrogens (tertiary/aromatic N) is 3. The van der Waals surface area contributed by atoms with Crippen LogP contribution in [0, 0.1) is 0 Å². The summed E-state index contributed by atoms with van der Waals surface area (Å²) in [6, 6.07) is 16.9. The summed E-state index contributed by atoms with van der Waals surface area (Å²) in [5.41, 5.74) is 1.72. The van der Waals surface area contributed by atoms with E-state index in [0.29, 0.717) is 29.7 Å². The molecule has 1 atom stereocenters. The Hall–Kier alpha value is -2.66. The molecule has 1 saturated heterocycles. The Morgan fingerprint density at radius 3 is 2.58 bits per heavy atom.